The molecule has 0 aliphatic heterocycles. The van der Waals surface area contributed by atoms with Crippen LogP contribution in [-0.2, 0) is 0 Å². The third-order valence-corrected chi connectivity index (χ3v) is 3.62. The number of nitrogens with two attached hydrogens (primary N) is 1. The number of hydrogen-bond donors (Lipinski definition) is 2. The zero-order valence-electron chi connectivity index (χ0n) is 9.63. The van der Waals surface area contributed by atoms with E-state index in [-0.39, 0.29) is 5.92 Å². The van der Waals surface area contributed by atoms with Gasteiger partial charge in [0.25, 0.3) is 0 Å². The van der Waals surface area contributed by atoms with Crippen LogP contribution in [0, 0.1) is 17.6 Å². The van der Waals surface area contributed by atoms with Gasteiger partial charge in [0.05, 0.1) is 0 Å². The number of hydrogen-bond acceptors (Lipinski definition) is 2. The van der Waals surface area contributed by atoms with E-state index in [4.69, 9.17) is 5.73 Å². The number of aromatic hydroxyl groups is 1. The van der Waals surface area contributed by atoms with Gasteiger partial charge in [-0.15, -0.1) is 0 Å². The summed E-state index contributed by atoms with van der Waals surface area (Å²) in [5.41, 5.74) is 6.36. The van der Waals surface area contributed by atoms with Crippen molar-refractivity contribution in [1.29, 1.82) is 0 Å². The molecule has 1 aliphatic carbocycles. The first-order chi connectivity index (χ1) is 8.11. The van der Waals surface area contributed by atoms with Gasteiger partial charge in [-0.05, 0) is 24.8 Å². The average molecular weight is 241 g/mol. The molecule has 3 N–H and O–H groups in total. The van der Waals surface area contributed by atoms with Gasteiger partial charge in [0.2, 0.25) is 5.82 Å². The predicted molar refractivity (Wildman–Crippen MR) is 61.5 cm³/mol. The molecule has 0 saturated heterocycles. The minimum Gasteiger partial charge on any atom is -0.505 e. The minimum absolute atomic E-state index is 0.250. The molecule has 0 amide bonds. The van der Waals surface area contributed by atoms with Crippen LogP contribution in [-0.4, -0.2) is 5.11 Å². The van der Waals surface area contributed by atoms with Crippen LogP contribution in [0.4, 0.5) is 8.78 Å². The Labute approximate surface area is 99.4 Å². The van der Waals surface area contributed by atoms with Crippen molar-refractivity contribution in [3.63, 3.8) is 0 Å². The van der Waals surface area contributed by atoms with E-state index in [0.29, 0.717) is 5.56 Å². The Kier molecular flexibility index (Phi) is 3.62. The molecule has 1 aromatic rings. The summed E-state index contributed by atoms with van der Waals surface area (Å²) in [4.78, 5) is 0. The van der Waals surface area contributed by atoms with E-state index in [1.807, 2.05) is 0 Å². The number of benzene rings is 1. The highest BCUT2D eigenvalue weighted by Crippen LogP contribution is 2.37. The zero-order chi connectivity index (χ0) is 12.4. The molecule has 1 saturated carbocycles. The number of phenols is 1. The highest BCUT2D eigenvalue weighted by atomic mass is 19.2. The van der Waals surface area contributed by atoms with E-state index in [9.17, 15) is 13.9 Å². The second-order valence-electron chi connectivity index (χ2n) is 4.72. The van der Waals surface area contributed by atoms with E-state index >= 15 is 0 Å². The first-order valence-corrected chi connectivity index (χ1v) is 6.03. The molecular formula is C13H17F2NO. The molecule has 1 aromatic carbocycles. The van der Waals surface area contributed by atoms with Gasteiger partial charge in [-0.25, -0.2) is 4.39 Å². The van der Waals surface area contributed by atoms with Crippen LogP contribution in [0.2, 0.25) is 0 Å². The molecule has 2 nitrogen and oxygen atoms in total. The van der Waals surface area contributed by atoms with E-state index in [1.165, 1.54) is 12.5 Å². The average Bonchev–Trinajstić information content (AvgIpc) is 2.36. The summed E-state index contributed by atoms with van der Waals surface area (Å²) in [6.45, 7) is 0. The van der Waals surface area contributed by atoms with Crippen LogP contribution in [0.5, 0.6) is 5.75 Å². The predicted octanol–water partition coefficient (Wildman–Crippen LogP) is 3.25. The monoisotopic (exact) mass is 241 g/mol. The molecule has 4 heteroatoms. The fraction of sp³-hybridized carbons (Fsp3) is 0.538. The third kappa shape index (κ3) is 2.41. The van der Waals surface area contributed by atoms with Gasteiger partial charge in [-0.3, -0.25) is 0 Å². The molecular weight excluding hydrogens is 224 g/mol. The molecule has 1 atom stereocenters. The van der Waals surface area contributed by atoms with Crippen molar-refractivity contribution in [1.82, 2.24) is 0 Å². The maximum Gasteiger partial charge on any atom is 0.200 e. The molecule has 0 unspecified atom stereocenters. The second-order valence-corrected chi connectivity index (χ2v) is 4.72. The van der Waals surface area contributed by atoms with Crippen molar-refractivity contribution in [2.45, 2.75) is 38.1 Å². The normalized spacial score (nSPS) is 19.2. The quantitative estimate of drug-likeness (QED) is 0.834. The molecule has 2 rings (SSSR count). The zero-order valence-corrected chi connectivity index (χ0v) is 9.63. The lowest BCUT2D eigenvalue weighted by atomic mass is 9.81. The Hall–Kier alpha value is -1.16. The van der Waals surface area contributed by atoms with Crippen LogP contribution < -0.4 is 5.73 Å². The highest BCUT2D eigenvalue weighted by molar-refractivity contribution is 5.37. The Balaban J connectivity index is 2.24. The van der Waals surface area contributed by atoms with Crippen LogP contribution in [0.15, 0.2) is 12.1 Å². The lowest BCUT2D eigenvalue weighted by Gasteiger charge is -2.28. The number of phenolic OH excluding ortho intramolecular Hbond substituents is 1. The van der Waals surface area contributed by atoms with Gasteiger partial charge >= 0.3 is 0 Å². The lowest BCUT2D eigenvalue weighted by Crippen LogP contribution is -2.23. The van der Waals surface area contributed by atoms with Crippen LogP contribution in [0.25, 0.3) is 0 Å². The molecule has 1 aliphatic rings. The summed E-state index contributed by atoms with van der Waals surface area (Å²) in [5.74, 6) is -2.63. The standard InChI is InChI=1S/C13H17F2NO/c14-10-7-6-9(13(17)11(10)15)12(16)8-4-2-1-3-5-8/h6-8,12,17H,1-5,16H2/t12-/m1/s1. The summed E-state index contributed by atoms with van der Waals surface area (Å²) < 4.78 is 26.1. The molecule has 0 heterocycles. The SMILES string of the molecule is N[C@@H](c1ccc(F)c(F)c1O)C1CCCCC1. The van der Waals surface area contributed by atoms with Crippen LogP contribution in [0.1, 0.15) is 43.7 Å². The molecule has 0 aromatic heterocycles. The van der Waals surface area contributed by atoms with E-state index in [2.05, 4.69) is 0 Å². The van der Waals surface area contributed by atoms with E-state index < -0.39 is 23.4 Å². The van der Waals surface area contributed by atoms with Gasteiger partial charge in [0.15, 0.2) is 11.6 Å². The fourth-order valence-electron chi connectivity index (χ4n) is 2.57. The van der Waals surface area contributed by atoms with Gasteiger partial charge in [-0.2, -0.15) is 4.39 Å². The maximum atomic E-state index is 13.2. The summed E-state index contributed by atoms with van der Waals surface area (Å²) in [6, 6.07) is 1.99. The summed E-state index contributed by atoms with van der Waals surface area (Å²) in [7, 11) is 0. The largest absolute Gasteiger partial charge is 0.505 e. The fourth-order valence-corrected chi connectivity index (χ4v) is 2.57. The van der Waals surface area contributed by atoms with Gasteiger partial charge in [0, 0.05) is 11.6 Å². The second kappa shape index (κ2) is 5.00. The summed E-state index contributed by atoms with van der Waals surface area (Å²) in [6.07, 6.45) is 5.40. The van der Waals surface area contributed by atoms with Gasteiger partial charge < -0.3 is 10.8 Å². The molecule has 0 bridgehead atoms. The molecule has 17 heavy (non-hydrogen) atoms. The lowest BCUT2D eigenvalue weighted by molar-refractivity contribution is 0.299. The molecule has 1 fully saturated rings. The Morgan fingerprint density at radius 2 is 1.82 bits per heavy atom. The van der Waals surface area contributed by atoms with Gasteiger partial charge in [-0.1, -0.05) is 25.3 Å². The highest BCUT2D eigenvalue weighted by Gasteiger charge is 2.25. The topological polar surface area (TPSA) is 46.2 Å². The summed E-state index contributed by atoms with van der Waals surface area (Å²) >= 11 is 0. The van der Waals surface area contributed by atoms with Crippen molar-refractivity contribution < 1.29 is 13.9 Å². The van der Waals surface area contributed by atoms with Crippen LogP contribution >= 0.6 is 0 Å². The Morgan fingerprint density at radius 3 is 2.47 bits per heavy atom. The number of halogens is 2. The first-order valence-electron chi connectivity index (χ1n) is 6.03. The summed E-state index contributed by atoms with van der Waals surface area (Å²) in [5, 5.41) is 9.58. The first kappa shape index (κ1) is 12.3. The minimum atomic E-state index is -1.20. The van der Waals surface area contributed by atoms with E-state index in [0.717, 1.165) is 31.7 Å². The molecule has 0 spiro atoms. The van der Waals surface area contributed by atoms with Crippen molar-refractivity contribution >= 4 is 0 Å². The Bertz CT molecular complexity index is 403. The van der Waals surface area contributed by atoms with Gasteiger partial charge in [0.1, 0.15) is 0 Å². The maximum absolute atomic E-state index is 13.2. The Morgan fingerprint density at radius 1 is 1.18 bits per heavy atom. The smallest absolute Gasteiger partial charge is 0.200 e. The molecule has 94 valence electrons. The van der Waals surface area contributed by atoms with E-state index in [1.54, 1.807) is 0 Å². The van der Waals surface area contributed by atoms with Crippen LogP contribution in [0.3, 0.4) is 0 Å². The molecule has 0 radical (unpaired) electrons. The van der Waals surface area contributed by atoms with Crippen molar-refractivity contribution in [2.75, 3.05) is 0 Å². The third-order valence-electron chi connectivity index (χ3n) is 3.62. The van der Waals surface area contributed by atoms with Crippen molar-refractivity contribution in [3.05, 3.63) is 29.3 Å². The van der Waals surface area contributed by atoms with Crippen molar-refractivity contribution in [3.8, 4) is 5.75 Å². The van der Waals surface area contributed by atoms with Crippen molar-refractivity contribution in [2.24, 2.45) is 11.7 Å². The number of rotatable bonds is 2.